The van der Waals surface area contributed by atoms with E-state index in [4.69, 9.17) is 16.2 Å². The van der Waals surface area contributed by atoms with E-state index in [-0.39, 0.29) is 17.9 Å². The lowest BCUT2D eigenvalue weighted by Crippen LogP contribution is -2.41. The van der Waals surface area contributed by atoms with Crippen LogP contribution in [-0.4, -0.2) is 18.1 Å². The van der Waals surface area contributed by atoms with Gasteiger partial charge in [0.1, 0.15) is 11.9 Å². The highest BCUT2D eigenvalue weighted by Crippen LogP contribution is 2.35. The summed E-state index contributed by atoms with van der Waals surface area (Å²) in [5.74, 6) is -1.07. The topological polar surface area (TPSA) is 78.3 Å². The fourth-order valence-electron chi connectivity index (χ4n) is 2.49. The highest BCUT2D eigenvalue weighted by atomic mass is 19.4. The third-order valence-corrected chi connectivity index (χ3v) is 3.60. The molecule has 0 spiro atoms. The molecule has 0 heterocycles. The van der Waals surface area contributed by atoms with Gasteiger partial charge in [-0.05, 0) is 37.5 Å². The Kier molecular flexibility index (Phi) is 4.41. The number of hydrogen-bond acceptors (Lipinski definition) is 3. The molecule has 0 bridgehead atoms. The van der Waals surface area contributed by atoms with Gasteiger partial charge in [0.15, 0.2) is 0 Å². The summed E-state index contributed by atoms with van der Waals surface area (Å²) < 4.78 is 44.4. The summed E-state index contributed by atoms with van der Waals surface area (Å²) in [4.78, 5) is 11.1. The number of nitrogens with two attached hydrogens (primary N) is 2. The summed E-state index contributed by atoms with van der Waals surface area (Å²) in [6.07, 6.45) is -1.55. The average molecular weight is 302 g/mol. The molecule has 0 saturated heterocycles. The Morgan fingerprint density at radius 2 is 1.90 bits per heavy atom. The number of carbonyl (C=O) groups excluding carboxylic acids is 1. The number of amides is 1. The predicted molar refractivity (Wildman–Crippen MR) is 70.8 cm³/mol. The lowest BCUT2D eigenvalue weighted by molar-refractivity contribution is -0.138. The number of alkyl halides is 3. The van der Waals surface area contributed by atoms with Gasteiger partial charge in [0, 0.05) is 6.04 Å². The standard InChI is InChI=1S/C14H17F3N2O2/c15-14(16,17)10-7-8(5-6-9(10)13(19)20)21-12-4-2-1-3-11(12)18/h5-7,11-12H,1-4,18H2,(H2,19,20). The smallest absolute Gasteiger partial charge is 0.417 e. The van der Waals surface area contributed by atoms with Gasteiger partial charge in [0.2, 0.25) is 5.91 Å². The van der Waals surface area contributed by atoms with Crippen molar-refractivity contribution in [2.75, 3.05) is 0 Å². The first-order valence-electron chi connectivity index (χ1n) is 6.72. The maximum atomic E-state index is 13.0. The Morgan fingerprint density at radius 3 is 2.48 bits per heavy atom. The Balaban J connectivity index is 2.27. The van der Waals surface area contributed by atoms with Crippen molar-refractivity contribution in [2.24, 2.45) is 11.5 Å². The van der Waals surface area contributed by atoms with Crippen LogP contribution in [0.25, 0.3) is 0 Å². The molecule has 1 fully saturated rings. The summed E-state index contributed by atoms with van der Waals surface area (Å²) in [7, 11) is 0. The van der Waals surface area contributed by atoms with E-state index < -0.39 is 23.2 Å². The van der Waals surface area contributed by atoms with Gasteiger partial charge in [-0.1, -0.05) is 6.42 Å². The summed E-state index contributed by atoms with van der Waals surface area (Å²) in [5, 5.41) is 0. The molecule has 2 unspecified atom stereocenters. The molecule has 0 radical (unpaired) electrons. The molecule has 1 aliphatic rings. The Morgan fingerprint density at radius 1 is 1.24 bits per heavy atom. The van der Waals surface area contributed by atoms with E-state index in [1.165, 1.54) is 6.07 Å². The number of ether oxygens (including phenoxy) is 1. The maximum absolute atomic E-state index is 13.0. The molecule has 4 N–H and O–H groups in total. The minimum absolute atomic E-state index is 0.0506. The van der Waals surface area contributed by atoms with Crippen LogP contribution in [0.4, 0.5) is 13.2 Å². The van der Waals surface area contributed by atoms with Gasteiger partial charge in [0.25, 0.3) is 0 Å². The highest BCUT2D eigenvalue weighted by Gasteiger charge is 2.35. The Labute approximate surface area is 120 Å². The largest absolute Gasteiger partial charge is 0.489 e. The zero-order valence-electron chi connectivity index (χ0n) is 11.3. The second kappa shape index (κ2) is 5.93. The molecule has 0 aromatic heterocycles. The number of hydrogen-bond donors (Lipinski definition) is 2. The van der Waals surface area contributed by atoms with Gasteiger partial charge in [-0.3, -0.25) is 4.79 Å². The van der Waals surface area contributed by atoms with E-state index in [9.17, 15) is 18.0 Å². The summed E-state index contributed by atoms with van der Waals surface area (Å²) in [5.41, 5.74) is 9.22. The van der Waals surface area contributed by atoms with Crippen LogP contribution >= 0.6 is 0 Å². The lowest BCUT2D eigenvalue weighted by atomic mass is 9.93. The first kappa shape index (κ1) is 15.6. The van der Waals surface area contributed by atoms with Gasteiger partial charge in [0.05, 0.1) is 11.1 Å². The van der Waals surface area contributed by atoms with Crippen molar-refractivity contribution in [1.82, 2.24) is 0 Å². The van der Waals surface area contributed by atoms with Gasteiger partial charge in [-0.15, -0.1) is 0 Å². The highest BCUT2D eigenvalue weighted by molar-refractivity contribution is 5.94. The van der Waals surface area contributed by atoms with Crippen molar-refractivity contribution >= 4 is 5.91 Å². The SMILES string of the molecule is NC(=O)c1ccc(OC2CCCCC2N)cc1C(F)(F)F. The molecule has 116 valence electrons. The first-order valence-corrected chi connectivity index (χ1v) is 6.72. The minimum atomic E-state index is -4.67. The third-order valence-electron chi connectivity index (χ3n) is 3.60. The predicted octanol–water partition coefficient (Wildman–Crippen LogP) is 2.45. The van der Waals surface area contributed by atoms with E-state index in [0.29, 0.717) is 6.42 Å². The molecule has 1 aromatic carbocycles. The molecule has 7 heteroatoms. The normalized spacial score (nSPS) is 22.9. The molecule has 2 atom stereocenters. The zero-order valence-corrected chi connectivity index (χ0v) is 11.3. The van der Waals surface area contributed by atoms with Gasteiger partial charge in [-0.2, -0.15) is 13.2 Å². The van der Waals surface area contributed by atoms with Crippen molar-refractivity contribution in [2.45, 2.75) is 44.0 Å². The average Bonchev–Trinajstić information content (AvgIpc) is 2.40. The number of benzene rings is 1. The molecular weight excluding hydrogens is 285 g/mol. The van der Waals surface area contributed by atoms with Crippen LogP contribution < -0.4 is 16.2 Å². The van der Waals surface area contributed by atoms with Crippen molar-refractivity contribution in [3.63, 3.8) is 0 Å². The van der Waals surface area contributed by atoms with Crippen molar-refractivity contribution in [3.8, 4) is 5.75 Å². The van der Waals surface area contributed by atoms with E-state index in [1.807, 2.05) is 0 Å². The quantitative estimate of drug-likeness (QED) is 0.900. The monoisotopic (exact) mass is 302 g/mol. The molecule has 0 aliphatic heterocycles. The van der Waals surface area contributed by atoms with Crippen LogP contribution in [0.2, 0.25) is 0 Å². The molecule has 2 rings (SSSR count). The van der Waals surface area contributed by atoms with E-state index >= 15 is 0 Å². The van der Waals surface area contributed by atoms with Crippen molar-refractivity contribution < 1.29 is 22.7 Å². The van der Waals surface area contributed by atoms with Crippen LogP contribution in [0.5, 0.6) is 5.75 Å². The van der Waals surface area contributed by atoms with Crippen LogP contribution in [-0.2, 0) is 6.18 Å². The van der Waals surface area contributed by atoms with E-state index in [1.54, 1.807) is 0 Å². The number of carbonyl (C=O) groups is 1. The van der Waals surface area contributed by atoms with Gasteiger partial charge < -0.3 is 16.2 Å². The van der Waals surface area contributed by atoms with Crippen LogP contribution in [0, 0.1) is 0 Å². The lowest BCUT2D eigenvalue weighted by Gasteiger charge is -2.29. The van der Waals surface area contributed by atoms with Crippen LogP contribution in [0.1, 0.15) is 41.6 Å². The molecule has 4 nitrogen and oxygen atoms in total. The summed E-state index contributed by atoms with van der Waals surface area (Å²) in [6, 6.07) is 2.97. The molecule has 21 heavy (non-hydrogen) atoms. The molecule has 1 amide bonds. The number of rotatable bonds is 3. The van der Waals surface area contributed by atoms with Crippen LogP contribution in [0.3, 0.4) is 0 Å². The van der Waals surface area contributed by atoms with E-state index in [0.717, 1.165) is 31.4 Å². The Bertz CT molecular complexity index is 531. The fraction of sp³-hybridized carbons (Fsp3) is 0.500. The first-order chi connectivity index (χ1) is 9.79. The Hall–Kier alpha value is -1.76. The van der Waals surface area contributed by atoms with Crippen molar-refractivity contribution in [3.05, 3.63) is 29.3 Å². The molecule has 1 aliphatic carbocycles. The number of primary amides is 1. The van der Waals surface area contributed by atoms with E-state index in [2.05, 4.69) is 0 Å². The fourth-order valence-corrected chi connectivity index (χ4v) is 2.49. The number of halogens is 3. The zero-order chi connectivity index (χ0) is 15.6. The molecule has 1 saturated carbocycles. The van der Waals surface area contributed by atoms with Crippen molar-refractivity contribution in [1.29, 1.82) is 0 Å². The summed E-state index contributed by atoms with van der Waals surface area (Å²) in [6.45, 7) is 0. The van der Waals surface area contributed by atoms with Gasteiger partial charge >= 0.3 is 6.18 Å². The van der Waals surface area contributed by atoms with Crippen LogP contribution in [0.15, 0.2) is 18.2 Å². The second-order valence-electron chi connectivity index (χ2n) is 5.17. The maximum Gasteiger partial charge on any atom is 0.417 e. The summed E-state index contributed by atoms with van der Waals surface area (Å²) >= 11 is 0. The molecule has 1 aromatic rings. The minimum Gasteiger partial charge on any atom is -0.489 e. The molecular formula is C14H17F3N2O2. The second-order valence-corrected chi connectivity index (χ2v) is 5.17. The third kappa shape index (κ3) is 3.66. The van der Waals surface area contributed by atoms with Gasteiger partial charge in [-0.25, -0.2) is 0 Å².